The van der Waals surface area contributed by atoms with Crippen molar-refractivity contribution in [3.05, 3.63) is 146 Å². The average molecular weight is 513 g/mol. The fraction of sp³-hybridized carbons (Fsp3) is 0. The molecule has 0 amide bonds. The monoisotopic (exact) mass is 512 g/mol. The molecule has 0 N–H and O–H groups in total. The highest BCUT2D eigenvalue weighted by molar-refractivity contribution is 6.00. The van der Waals surface area contributed by atoms with Crippen molar-refractivity contribution in [1.29, 1.82) is 0 Å². The van der Waals surface area contributed by atoms with Crippen molar-refractivity contribution in [2.24, 2.45) is 0 Å². The second-order valence-corrected chi connectivity index (χ2v) is 9.58. The van der Waals surface area contributed by atoms with Crippen LogP contribution in [0.5, 0.6) is 0 Å². The van der Waals surface area contributed by atoms with E-state index >= 15 is 0 Å². The molecule has 5 aromatic carbocycles. The minimum atomic E-state index is 0.645. The summed E-state index contributed by atoms with van der Waals surface area (Å²) in [6.07, 6.45) is 1.83. The van der Waals surface area contributed by atoms with E-state index in [0.29, 0.717) is 17.5 Å². The van der Waals surface area contributed by atoms with Crippen LogP contribution in [0, 0.1) is 0 Å². The Hall–Kier alpha value is -5.48. The van der Waals surface area contributed by atoms with E-state index in [2.05, 4.69) is 65.6 Å². The number of benzene rings is 5. The van der Waals surface area contributed by atoms with Crippen molar-refractivity contribution in [3.63, 3.8) is 0 Å². The Morgan fingerprint density at radius 2 is 0.900 bits per heavy atom. The molecule has 4 nitrogen and oxygen atoms in total. The topological polar surface area (TPSA) is 51.6 Å². The van der Waals surface area contributed by atoms with E-state index in [4.69, 9.17) is 15.0 Å². The summed E-state index contributed by atoms with van der Waals surface area (Å²) in [6, 6.07) is 47.5. The van der Waals surface area contributed by atoms with Crippen LogP contribution in [0.15, 0.2) is 146 Å². The van der Waals surface area contributed by atoms with Gasteiger partial charge in [-0.1, -0.05) is 115 Å². The van der Waals surface area contributed by atoms with Crippen LogP contribution in [0.25, 0.3) is 67.3 Å². The third-order valence-electron chi connectivity index (χ3n) is 6.98. The number of fused-ring (bicyclic) bond motifs is 1. The third-order valence-corrected chi connectivity index (χ3v) is 6.98. The van der Waals surface area contributed by atoms with Crippen LogP contribution in [-0.4, -0.2) is 19.9 Å². The minimum Gasteiger partial charge on any atom is -0.256 e. The smallest absolute Gasteiger partial charge is 0.164 e. The van der Waals surface area contributed by atoms with E-state index in [9.17, 15) is 0 Å². The van der Waals surface area contributed by atoms with Crippen LogP contribution < -0.4 is 0 Å². The van der Waals surface area contributed by atoms with Gasteiger partial charge in [0.2, 0.25) is 0 Å². The summed E-state index contributed by atoms with van der Waals surface area (Å²) < 4.78 is 0. The number of aromatic nitrogens is 4. The number of hydrogen-bond donors (Lipinski definition) is 0. The van der Waals surface area contributed by atoms with E-state index in [1.807, 2.05) is 85.1 Å². The van der Waals surface area contributed by atoms with Crippen LogP contribution in [0.2, 0.25) is 0 Å². The van der Waals surface area contributed by atoms with E-state index in [1.54, 1.807) is 0 Å². The van der Waals surface area contributed by atoms with Crippen LogP contribution in [0.4, 0.5) is 0 Å². The van der Waals surface area contributed by atoms with E-state index in [0.717, 1.165) is 39.1 Å². The van der Waals surface area contributed by atoms with Gasteiger partial charge in [0, 0.05) is 28.5 Å². The molecule has 2 heterocycles. The summed E-state index contributed by atoms with van der Waals surface area (Å²) >= 11 is 0. The number of rotatable bonds is 5. The van der Waals surface area contributed by atoms with Crippen LogP contribution >= 0.6 is 0 Å². The Labute approximate surface area is 232 Å². The van der Waals surface area contributed by atoms with Gasteiger partial charge in [0.25, 0.3) is 0 Å². The van der Waals surface area contributed by atoms with Crippen molar-refractivity contribution in [2.45, 2.75) is 0 Å². The zero-order valence-electron chi connectivity index (χ0n) is 21.6. The summed E-state index contributed by atoms with van der Waals surface area (Å²) in [5, 5.41) is 2.38. The predicted molar refractivity (Wildman–Crippen MR) is 162 cm³/mol. The van der Waals surface area contributed by atoms with Crippen molar-refractivity contribution >= 4 is 10.8 Å². The zero-order valence-corrected chi connectivity index (χ0v) is 21.6. The van der Waals surface area contributed by atoms with Crippen LogP contribution in [0.3, 0.4) is 0 Å². The number of hydrogen-bond acceptors (Lipinski definition) is 4. The predicted octanol–water partition coefficient (Wildman–Crippen LogP) is 8.75. The largest absolute Gasteiger partial charge is 0.256 e. The fourth-order valence-corrected chi connectivity index (χ4v) is 4.97. The van der Waals surface area contributed by atoms with Crippen molar-refractivity contribution in [3.8, 4) is 56.5 Å². The fourth-order valence-electron chi connectivity index (χ4n) is 4.97. The lowest BCUT2D eigenvalue weighted by Crippen LogP contribution is -2.00. The molecule has 0 spiro atoms. The van der Waals surface area contributed by atoms with Gasteiger partial charge in [-0.2, -0.15) is 0 Å². The molecular formula is C36H24N4. The first-order chi connectivity index (χ1) is 19.8. The lowest BCUT2D eigenvalue weighted by atomic mass is 9.94. The third kappa shape index (κ3) is 4.63. The van der Waals surface area contributed by atoms with Gasteiger partial charge in [-0.15, -0.1) is 0 Å². The Morgan fingerprint density at radius 3 is 1.50 bits per heavy atom. The second-order valence-electron chi connectivity index (χ2n) is 9.58. The Balaban J connectivity index is 1.33. The van der Waals surface area contributed by atoms with Gasteiger partial charge < -0.3 is 0 Å². The molecule has 2 aromatic heterocycles. The van der Waals surface area contributed by atoms with E-state index in [-0.39, 0.29) is 0 Å². The lowest BCUT2D eigenvalue weighted by molar-refractivity contribution is 1.07. The molecule has 7 aromatic rings. The van der Waals surface area contributed by atoms with E-state index < -0.39 is 0 Å². The maximum absolute atomic E-state index is 4.88. The molecule has 0 bridgehead atoms. The summed E-state index contributed by atoms with van der Waals surface area (Å²) in [5.74, 6) is 1.96. The van der Waals surface area contributed by atoms with Crippen LogP contribution in [0.1, 0.15) is 0 Å². The molecule has 0 atom stereocenters. The lowest BCUT2D eigenvalue weighted by Gasteiger charge is -2.12. The summed E-state index contributed by atoms with van der Waals surface area (Å²) in [4.78, 5) is 19.1. The minimum absolute atomic E-state index is 0.645. The highest BCUT2D eigenvalue weighted by atomic mass is 15.0. The maximum atomic E-state index is 4.88. The summed E-state index contributed by atoms with van der Waals surface area (Å²) in [5.41, 5.74) is 7.18. The van der Waals surface area contributed by atoms with Gasteiger partial charge in [0.05, 0.1) is 5.69 Å². The number of nitrogens with zero attached hydrogens (tertiary/aromatic N) is 4. The van der Waals surface area contributed by atoms with Gasteiger partial charge in [0.1, 0.15) is 0 Å². The number of pyridine rings is 1. The first kappa shape index (κ1) is 23.6. The van der Waals surface area contributed by atoms with Crippen molar-refractivity contribution in [2.75, 3.05) is 0 Å². The molecule has 0 saturated heterocycles. The van der Waals surface area contributed by atoms with Gasteiger partial charge in [0.15, 0.2) is 17.5 Å². The molecule has 188 valence electrons. The maximum Gasteiger partial charge on any atom is 0.164 e. The summed E-state index contributed by atoms with van der Waals surface area (Å²) in [6.45, 7) is 0. The van der Waals surface area contributed by atoms with Gasteiger partial charge in [-0.05, 0) is 46.2 Å². The van der Waals surface area contributed by atoms with Crippen LogP contribution in [-0.2, 0) is 0 Å². The first-order valence-electron chi connectivity index (χ1n) is 13.2. The second kappa shape index (κ2) is 10.4. The van der Waals surface area contributed by atoms with Gasteiger partial charge in [-0.25, -0.2) is 15.0 Å². The molecule has 0 unspecified atom stereocenters. The van der Waals surface area contributed by atoms with E-state index in [1.165, 1.54) is 10.8 Å². The van der Waals surface area contributed by atoms with Gasteiger partial charge >= 0.3 is 0 Å². The summed E-state index contributed by atoms with van der Waals surface area (Å²) in [7, 11) is 0. The normalized spacial score (nSPS) is 11.0. The molecule has 0 fully saturated rings. The quantitative estimate of drug-likeness (QED) is 0.231. The highest BCUT2D eigenvalue weighted by Gasteiger charge is 2.13. The average Bonchev–Trinajstić information content (AvgIpc) is 3.05. The Bertz CT molecular complexity index is 1860. The molecule has 0 saturated carbocycles. The van der Waals surface area contributed by atoms with Crippen molar-refractivity contribution < 1.29 is 0 Å². The molecule has 40 heavy (non-hydrogen) atoms. The molecule has 0 radical (unpaired) electrons. The SMILES string of the molecule is c1ccc(-c2nc(-c3ccccc3)nc(-c3ccc(-c4cc(-c5ccccn5)cc5ccccc45)cc3)n2)cc1. The Kier molecular flexibility index (Phi) is 6.11. The highest BCUT2D eigenvalue weighted by Crippen LogP contribution is 2.34. The van der Waals surface area contributed by atoms with Gasteiger partial charge in [-0.3, -0.25) is 4.98 Å². The zero-order chi connectivity index (χ0) is 26.7. The standard InChI is InChI=1S/C36H24N4/c1-3-11-26(12-4-1)34-38-35(27-13-5-2-6-14-27)40-36(39-34)28-20-18-25(19-21-28)32-24-30(33-17-9-10-22-37-33)23-29-15-7-8-16-31(29)32/h1-24H. The molecule has 0 aliphatic carbocycles. The molecule has 0 aliphatic heterocycles. The molecular weight excluding hydrogens is 488 g/mol. The molecule has 7 rings (SSSR count). The molecule has 4 heteroatoms. The molecule has 0 aliphatic rings. The van der Waals surface area contributed by atoms with Crippen molar-refractivity contribution in [1.82, 2.24) is 19.9 Å². The Morgan fingerprint density at radius 1 is 0.375 bits per heavy atom. The first-order valence-corrected chi connectivity index (χ1v) is 13.2.